The molecule has 0 aromatic heterocycles. The third kappa shape index (κ3) is 4.34. The van der Waals surface area contributed by atoms with E-state index in [4.69, 9.17) is 5.11 Å². The zero-order valence-corrected chi connectivity index (χ0v) is 12.7. The highest BCUT2D eigenvalue weighted by Gasteiger charge is 2.26. The summed E-state index contributed by atoms with van der Waals surface area (Å²) in [4.78, 5) is 22.8. The van der Waals surface area contributed by atoms with Gasteiger partial charge in [-0.3, -0.25) is 9.59 Å². The summed E-state index contributed by atoms with van der Waals surface area (Å²) in [5.41, 5.74) is 0.977. The monoisotopic (exact) mass is 339 g/mol. The fourth-order valence-corrected chi connectivity index (χ4v) is 2.82. The minimum absolute atomic E-state index is 0.00565. The number of hydrogen-bond donors (Lipinski definition) is 2. The van der Waals surface area contributed by atoms with E-state index in [0.29, 0.717) is 19.3 Å². The molecule has 1 saturated carbocycles. The van der Waals surface area contributed by atoms with Gasteiger partial charge in [0, 0.05) is 10.5 Å². The van der Waals surface area contributed by atoms with Gasteiger partial charge in [-0.05, 0) is 43.4 Å². The Bertz CT molecular complexity index is 478. The van der Waals surface area contributed by atoms with Gasteiger partial charge in [0.1, 0.15) is 0 Å². The molecule has 0 unspecified atom stereocenters. The minimum Gasteiger partial charge on any atom is -0.481 e. The number of amides is 1. The van der Waals surface area contributed by atoms with E-state index >= 15 is 0 Å². The lowest BCUT2D eigenvalue weighted by atomic mass is 9.86. The van der Waals surface area contributed by atoms with Crippen molar-refractivity contribution in [1.82, 2.24) is 5.32 Å². The van der Waals surface area contributed by atoms with Crippen molar-refractivity contribution in [1.29, 1.82) is 0 Å². The molecular formula is C15H18BrNO3. The smallest absolute Gasteiger partial charge is 0.306 e. The highest BCUT2D eigenvalue weighted by molar-refractivity contribution is 9.10. The van der Waals surface area contributed by atoms with Crippen LogP contribution in [-0.4, -0.2) is 23.0 Å². The van der Waals surface area contributed by atoms with Gasteiger partial charge in [0.25, 0.3) is 0 Å². The molecule has 20 heavy (non-hydrogen) atoms. The van der Waals surface area contributed by atoms with Crippen molar-refractivity contribution >= 4 is 27.8 Å². The van der Waals surface area contributed by atoms with Gasteiger partial charge in [-0.15, -0.1) is 0 Å². The fraction of sp³-hybridized carbons (Fsp3) is 0.467. The van der Waals surface area contributed by atoms with Crippen molar-refractivity contribution in [3.63, 3.8) is 0 Å². The first-order valence-electron chi connectivity index (χ1n) is 6.81. The van der Waals surface area contributed by atoms with E-state index < -0.39 is 5.97 Å². The molecule has 2 N–H and O–H groups in total. The van der Waals surface area contributed by atoms with E-state index in [2.05, 4.69) is 21.2 Å². The molecule has 2 rings (SSSR count). The van der Waals surface area contributed by atoms with Crippen LogP contribution in [0.5, 0.6) is 0 Å². The van der Waals surface area contributed by atoms with Crippen LogP contribution in [0.2, 0.25) is 0 Å². The average molecular weight is 340 g/mol. The van der Waals surface area contributed by atoms with Crippen molar-refractivity contribution in [2.75, 3.05) is 0 Å². The molecule has 0 atom stereocenters. The second kappa shape index (κ2) is 6.88. The number of nitrogens with one attached hydrogen (secondary N) is 1. The third-order valence-corrected chi connectivity index (χ3v) is 4.25. The lowest BCUT2D eigenvalue weighted by molar-refractivity contribution is -0.142. The third-order valence-electron chi connectivity index (χ3n) is 3.72. The summed E-state index contributed by atoms with van der Waals surface area (Å²) >= 11 is 3.36. The molecule has 1 fully saturated rings. The van der Waals surface area contributed by atoms with Gasteiger partial charge in [-0.25, -0.2) is 0 Å². The Hall–Kier alpha value is -1.36. The van der Waals surface area contributed by atoms with Gasteiger partial charge in [0.2, 0.25) is 5.91 Å². The number of halogens is 1. The quantitative estimate of drug-likeness (QED) is 0.886. The first-order valence-corrected chi connectivity index (χ1v) is 7.60. The maximum absolute atomic E-state index is 11.9. The zero-order valence-electron chi connectivity index (χ0n) is 11.1. The molecule has 0 aliphatic heterocycles. The number of carbonyl (C=O) groups is 2. The topological polar surface area (TPSA) is 66.4 Å². The average Bonchev–Trinajstić information content (AvgIpc) is 2.42. The second-order valence-electron chi connectivity index (χ2n) is 5.26. The summed E-state index contributed by atoms with van der Waals surface area (Å²) in [5, 5.41) is 11.9. The molecule has 0 radical (unpaired) electrons. The van der Waals surface area contributed by atoms with Crippen LogP contribution in [0.15, 0.2) is 28.7 Å². The molecule has 0 bridgehead atoms. The number of carbonyl (C=O) groups excluding carboxylic acids is 1. The molecule has 1 aromatic carbocycles. The fourth-order valence-electron chi connectivity index (χ4n) is 2.55. The zero-order chi connectivity index (χ0) is 14.5. The highest BCUT2D eigenvalue weighted by atomic mass is 79.9. The van der Waals surface area contributed by atoms with Gasteiger partial charge >= 0.3 is 5.97 Å². The summed E-state index contributed by atoms with van der Waals surface area (Å²) in [6, 6.07) is 7.80. The summed E-state index contributed by atoms with van der Waals surface area (Å²) in [5.74, 6) is -0.953. The number of rotatable bonds is 4. The molecule has 5 heteroatoms. The normalized spacial score (nSPS) is 22.2. The maximum Gasteiger partial charge on any atom is 0.306 e. The van der Waals surface area contributed by atoms with Gasteiger partial charge in [-0.1, -0.05) is 28.1 Å². The molecule has 4 nitrogen and oxygen atoms in total. The van der Waals surface area contributed by atoms with Gasteiger partial charge in [0.05, 0.1) is 12.3 Å². The van der Waals surface area contributed by atoms with Crippen LogP contribution in [0.4, 0.5) is 0 Å². The standard InChI is InChI=1S/C15H18BrNO3/c16-12-5-1-10(2-6-12)9-14(18)17-13-7-3-11(4-8-13)15(19)20/h1-2,5-6,11,13H,3-4,7-9H2,(H,17,18)(H,19,20). The van der Waals surface area contributed by atoms with Crippen LogP contribution >= 0.6 is 15.9 Å². The Kier molecular flexibility index (Phi) is 5.17. The predicted octanol–water partition coefficient (Wildman–Crippen LogP) is 2.75. The van der Waals surface area contributed by atoms with Crippen LogP contribution in [0.25, 0.3) is 0 Å². The first-order chi connectivity index (χ1) is 9.54. The Balaban J connectivity index is 1.78. The maximum atomic E-state index is 11.9. The summed E-state index contributed by atoms with van der Waals surface area (Å²) in [6.07, 6.45) is 3.18. The number of carboxylic acid groups (broad SMARTS) is 1. The lowest BCUT2D eigenvalue weighted by Gasteiger charge is -2.26. The van der Waals surface area contributed by atoms with E-state index in [1.54, 1.807) is 0 Å². The predicted molar refractivity (Wildman–Crippen MR) is 79.4 cm³/mol. The van der Waals surface area contributed by atoms with Crippen molar-refractivity contribution in [3.8, 4) is 0 Å². The molecule has 108 valence electrons. The molecular weight excluding hydrogens is 322 g/mol. The van der Waals surface area contributed by atoms with Crippen molar-refractivity contribution in [2.24, 2.45) is 5.92 Å². The van der Waals surface area contributed by atoms with E-state index in [1.165, 1.54) is 0 Å². The number of hydrogen-bond acceptors (Lipinski definition) is 2. The molecule has 1 aromatic rings. The lowest BCUT2D eigenvalue weighted by Crippen LogP contribution is -2.39. The Morgan fingerprint density at radius 1 is 1.15 bits per heavy atom. The van der Waals surface area contributed by atoms with Crippen LogP contribution in [0.3, 0.4) is 0 Å². The highest BCUT2D eigenvalue weighted by Crippen LogP contribution is 2.24. The summed E-state index contributed by atoms with van der Waals surface area (Å²) in [7, 11) is 0. The number of aliphatic carboxylic acids is 1. The van der Waals surface area contributed by atoms with Crippen LogP contribution in [-0.2, 0) is 16.0 Å². The Labute approximate surface area is 126 Å². The molecule has 0 heterocycles. The summed E-state index contributed by atoms with van der Waals surface area (Å²) < 4.78 is 0.994. The molecule has 1 aliphatic carbocycles. The van der Waals surface area contributed by atoms with Crippen molar-refractivity contribution in [2.45, 2.75) is 38.1 Å². The van der Waals surface area contributed by atoms with E-state index in [0.717, 1.165) is 22.9 Å². The first kappa shape index (κ1) is 15.0. The Morgan fingerprint density at radius 2 is 1.75 bits per heavy atom. The van der Waals surface area contributed by atoms with Gasteiger partial charge in [0.15, 0.2) is 0 Å². The van der Waals surface area contributed by atoms with E-state index in [-0.39, 0.29) is 17.9 Å². The van der Waals surface area contributed by atoms with E-state index in [1.807, 2.05) is 24.3 Å². The van der Waals surface area contributed by atoms with Crippen LogP contribution in [0.1, 0.15) is 31.2 Å². The van der Waals surface area contributed by atoms with Crippen LogP contribution in [0, 0.1) is 5.92 Å². The molecule has 0 spiro atoms. The van der Waals surface area contributed by atoms with Crippen LogP contribution < -0.4 is 5.32 Å². The number of carboxylic acids is 1. The van der Waals surface area contributed by atoms with E-state index in [9.17, 15) is 9.59 Å². The van der Waals surface area contributed by atoms with Crippen molar-refractivity contribution in [3.05, 3.63) is 34.3 Å². The SMILES string of the molecule is O=C(Cc1ccc(Br)cc1)NC1CCC(C(=O)O)CC1. The second-order valence-corrected chi connectivity index (χ2v) is 6.17. The largest absolute Gasteiger partial charge is 0.481 e. The molecule has 1 aliphatic rings. The molecule has 1 amide bonds. The van der Waals surface area contributed by atoms with Gasteiger partial charge < -0.3 is 10.4 Å². The minimum atomic E-state index is -0.718. The van der Waals surface area contributed by atoms with Gasteiger partial charge in [-0.2, -0.15) is 0 Å². The molecule has 0 saturated heterocycles. The van der Waals surface area contributed by atoms with Crippen molar-refractivity contribution < 1.29 is 14.7 Å². The summed E-state index contributed by atoms with van der Waals surface area (Å²) in [6.45, 7) is 0. The number of benzene rings is 1. The Morgan fingerprint density at radius 3 is 2.30 bits per heavy atom.